The Bertz CT molecular complexity index is 2370. The van der Waals surface area contributed by atoms with Crippen molar-refractivity contribution in [2.75, 3.05) is 11.6 Å². The van der Waals surface area contributed by atoms with Crippen molar-refractivity contribution >= 4 is 79.3 Å². The summed E-state index contributed by atoms with van der Waals surface area (Å²) < 4.78 is 14.9. The summed E-state index contributed by atoms with van der Waals surface area (Å²) in [5, 5.41) is 38.0. The summed E-state index contributed by atoms with van der Waals surface area (Å²) in [6.45, 7) is 3.64. The molecule has 0 spiro atoms. The standard InChI is InChI=1S/C35H31N7O10S3/c1-18-26(29(40-28(18)27(19(2)43)30(40)44)33(45)51-14-20-4-8-23(9-5-20)41(47)48)25-13-39-17-38(31(53-3)32(39)55-25)12-22-16-54-34(36-22)37-35(46)52-15-21-6-10-24(11-7-21)42(49)50/h4-11,13,16-19,27-28,43H,12,14-15H2,1-3H3/p+1/t18-,19+,27+,28+/m0/s1. The molecule has 1 saturated heterocycles. The van der Waals surface area contributed by atoms with Gasteiger partial charge in [0, 0.05) is 41.1 Å². The summed E-state index contributed by atoms with van der Waals surface area (Å²) >= 11 is 4.20. The molecule has 0 bridgehead atoms. The minimum Gasteiger partial charge on any atom is -0.456 e. The number of aromatic nitrogens is 3. The van der Waals surface area contributed by atoms with Crippen LogP contribution in [0.15, 0.2) is 77.2 Å². The molecule has 17 nitrogen and oxygen atoms in total. The number of aliphatic hydroxyl groups excluding tert-OH is 1. The van der Waals surface area contributed by atoms with E-state index < -0.39 is 40.0 Å². The Morgan fingerprint density at radius 3 is 2.25 bits per heavy atom. The Labute approximate surface area is 324 Å². The van der Waals surface area contributed by atoms with Gasteiger partial charge in [-0.15, -0.1) is 11.3 Å². The van der Waals surface area contributed by atoms with Gasteiger partial charge in [-0.1, -0.05) is 30.0 Å². The minimum atomic E-state index is -0.913. The highest BCUT2D eigenvalue weighted by Gasteiger charge is 2.60. The smallest absolute Gasteiger partial charge is 0.413 e. The molecule has 2 amide bonds. The highest BCUT2D eigenvalue weighted by atomic mass is 32.2. The molecule has 284 valence electrons. The molecule has 2 aliphatic heterocycles. The Balaban J connectivity index is 1.08. The van der Waals surface area contributed by atoms with Gasteiger partial charge < -0.3 is 19.5 Å². The van der Waals surface area contributed by atoms with Crippen LogP contribution in [0, 0.1) is 32.1 Å². The molecule has 0 aliphatic carbocycles. The van der Waals surface area contributed by atoms with Crippen LogP contribution in [0.4, 0.5) is 21.3 Å². The van der Waals surface area contributed by atoms with Crippen LogP contribution in [0.5, 0.6) is 0 Å². The number of thioether (sulfide) groups is 1. The first-order valence-corrected chi connectivity index (χ1v) is 19.6. The van der Waals surface area contributed by atoms with Crippen molar-refractivity contribution < 1.29 is 43.4 Å². The minimum absolute atomic E-state index is 0.0595. The number of nitrogens with zero attached hydrogens (tertiary/aromatic N) is 6. The summed E-state index contributed by atoms with van der Waals surface area (Å²) in [6.07, 6.45) is 4.11. The van der Waals surface area contributed by atoms with E-state index >= 15 is 0 Å². The quantitative estimate of drug-likeness (QED) is 0.0383. The van der Waals surface area contributed by atoms with Gasteiger partial charge in [0.15, 0.2) is 5.13 Å². The van der Waals surface area contributed by atoms with E-state index in [1.807, 2.05) is 40.1 Å². The third-order valence-electron chi connectivity index (χ3n) is 9.36. The van der Waals surface area contributed by atoms with Gasteiger partial charge in [-0.05, 0) is 48.6 Å². The molecular formula is C35H32N7O10S3+. The Morgan fingerprint density at radius 1 is 1.05 bits per heavy atom. The first kappa shape index (κ1) is 37.6. The molecular weight excluding hydrogens is 775 g/mol. The van der Waals surface area contributed by atoms with E-state index in [4.69, 9.17) is 9.47 Å². The van der Waals surface area contributed by atoms with Crippen LogP contribution in [-0.4, -0.2) is 65.6 Å². The number of nitro benzene ring substituents is 2. The lowest BCUT2D eigenvalue weighted by molar-refractivity contribution is -0.722. The second-order valence-electron chi connectivity index (χ2n) is 12.8. The number of anilines is 1. The highest BCUT2D eigenvalue weighted by Crippen LogP contribution is 2.52. The van der Waals surface area contributed by atoms with Crippen molar-refractivity contribution in [3.8, 4) is 0 Å². The fourth-order valence-corrected chi connectivity index (χ4v) is 9.65. The van der Waals surface area contributed by atoms with Crippen LogP contribution in [0.1, 0.15) is 35.5 Å². The molecule has 3 aromatic heterocycles. The van der Waals surface area contributed by atoms with Crippen molar-refractivity contribution in [1.29, 1.82) is 0 Å². The number of non-ortho nitro benzene ring substituents is 2. The zero-order chi connectivity index (χ0) is 39.1. The summed E-state index contributed by atoms with van der Waals surface area (Å²) in [7, 11) is 0. The number of β-lactam (4-membered cyclic amide) rings is 1. The van der Waals surface area contributed by atoms with Crippen LogP contribution in [-0.2, 0) is 38.8 Å². The Kier molecular flexibility index (Phi) is 10.4. The maximum absolute atomic E-state index is 13.8. The van der Waals surface area contributed by atoms with Gasteiger partial charge in [-0.2, -0.15) is 4.40 Å². The fraction of sp³-hybridized carbons (Fsp3) is 0.286. The molecule has 4 atom stereocenters. The average molecular weight is 807 g/mol. The van der Waals surface area contributed by atoms with Crippen LogP contribution in [0.2, 0.25) is 0 Å². The predicted octanol–water partition coefficient (Wildman–Crippen LogP) is 5.39. The molecule has 0 saturated carbocycles. The molecule has 5 heterocycles. The van der Waals surface area contributed by atoms with Gasteiger partial charge in [0.05, 0.1) is 38.5 Å². The third kappa shape index (κ3) is 7.27. The van der Waals surface area contributed by atoms with E-state index in [2.05, 4.69) is 10.3 Å². The van der Waals surface area contributed by atoms with Crippen molar-refractivity contribution in [2.24, 2.45) is 11.8 Å². The van der Waals surface area contributed by atoms with Crippen LogP contribution in [0.3, 0.4) is 0 Å². The number of ether oxygens (including phenoxy) is 2. The number of hydrogen-bond acceptors (Lipinski definition) is 14. The molecule has 20 heteroatoms. The average Bonchev–Trinajstić information content (AvgIpc) is 3.90. The summed E-state index contributed by atoms with van der Waals surface area (Å²) in [5.74, 6) is -2.03. The van der Waals surface area contributed by atoms with Gasteiger partial charge in [-0.3, -0.25) is 30.3 Å². The summed E-state index contributed by atoms with van der Waals surface area (Å²) in [4.78, 5) is 68.0. The number of fused-ring (bicyclic) bond motifs is 2. The molecule has 2 aromatic carbocycles. The second-order valence-corrected chi connectivity index (χ2v) is 15.5. The normalized spacial score (nSPS) is 18.2. The molecule has 2 aliphatic rings. The largest absolute Gasteiger partial charge is 0.456 e. The van der Waals surface area contributed by atoms with Gasteiger partial charge in [0.25, 0.3) is 17.7 Å². The number of imidazole rings is 1. The fourth-order valence-electron chi connectivity index (χ4n) is 6.79. The van der Waals surface area contributed by atoms with Crippen LogP contribution >= 0.6 is 34.4 Å². The maximum atomic E-state index is 13.8. The first-order valence-electron chi connectivity index (χ1n) is 16.7. The highest BCUT2D eigenvalue weighted by molar-refractivity contribution is 7.98. The lowest BCUT2D eigenvalue weighted by Gasteiger charge is -2.46. The molecule has 0 unspecified atom stereocenters. The molecule has 55 heavy (non-hydrogen) atoms. The van der Waals surface area contributed by atoms with Crippen molar-refractivity contribution in [3.05, 3.63) is 114 Å². The maximum Gasteiger partial charge on any atom is 0.413 e. The number of benzene rings is 2. The Morgan fingerprint density at radius 2 is 1.67 bits per heavy atom. The van der Waals surface area contributed by atoms with Crippen molar-refractivity contribution in [2.45, 2.75) is 50.8 Å². The third-order valence-corrected chi connectivity index (χ3v) is 12.2. The van der Waals surface area contributed by atoms with Gasteiger partial charge in [0.1, 0.15) is 31.7 Å². The lowest BCUT2D eigenvalue weighted by Crippen LogP contribution is -2.63. The number of carbonyl (C=O) groups excluding carboxylic acids is 3. The number of rotatable bonds is 13. The second kappa shape index (κ2) is 15.2. The SMILES string of the molecule is CSc1c2sc(C3=C(C(=O)OCc4ccc([N+](=O)[O-])cc4)N4C(=O)[C@H]([C@@H](C)O)[C@H]4[C@H]3C)cn2c[n+]1Cc1csc(NC(=O)OCc2ccc([N+](=O)[O-])cc2)n1. The monoisotopic (exact) mass is 806 g/mol. The number of esters is 1. The number of aliphatic hydroxyl groups is 1. The van der Waals surface area contributed by atoms with Crippen LogP contribution < -0.4 is 9.88 Å². The van der Waals surface area contributed by atoms with E-state index in [0.29, 0.717) is 34.1 Å². The molecule has 0 radical (unpaired) electrons. The number of carbonyl (C=O) groups is 3. The number of thiazole rings is 2. The van der Waals surface area contributed by atoms with Gasteiger partial charge in [0.2, 0.25) is 15.8 Å². The van der Waals surface area contributed by atoms with Gasteiger partial charge >= 0.3 is 12.1 Å². The van der Waals surface area contributed by atoms with Crippen molar-refractivity contribution in [3.63, 3.8) is 0 Å². The zero-order valence-corrected chi connectivity index (χ0v) is 31.8. The van der Waals surface area contributed by atoms with Crippen LogP contribution in [0.25, 0.3) is 10.4 Å². The van der Waals surface area contributed by atoms with E-state index in [0.717, 1.165) is 14.7 Å². The molecule has 7 rings (SSSR count). The predicted molar refractivity (Wildman–Crippen MR) is 200 cm³/mol. The summed E-state index contributed by atoms with van der Waals surface area (Å²) in [5.41, 5.74) is 2.44. The van der Waals surface area contributed by atoms with E-state index in [9.17, 15) is 39.7 Å². The number of hydrogen-bond donors (Lipinski definition) is 2. The molecule has 2 N–H and O–H groups in total. The zero-order valence-electron chi connectivity index (χ0n) is 29.3. The van der Waals surface area contributed by atoms with Crippen molar-refractivity contribution in [1.82, 2.24) is 14.3 Å². The first-order chi connectivity index (χ1) is 26.3. The molecule has 5 aromatic rings. The summed E-state index contributed by atoms with van der Waals surface area (Å²) in [6, 6.07) is 10.9. The topological polar surface area (TPSA) is 213 Å². The van der Waals surface area contributed by atoms with E-state index in [-0.39, 0.29) is 42.1 Å². The van der Waals surface area contributed by atoms with Gasteiger partial charge in [-0.25, -0.2) is 19.1 Å². The van der Waals surface area contributed by atoms with E-state index in [1.54, 1.807) is 6.92 Å². The number of nitrogens with one attached hydrogen (secondary N) is 1. The Hall–Kier alpha value is -5.70. The number of amides is 2. The lowest BCUT2D eigenvalue weighted by atomic mass is 9.77. The number of nitro groups is 2. The molecule has 1 fully saturated rings. The van der Waals surface area contributed by atoms with E-state index in [1.165, 1.54) is 87.9 Å².